The Balaban J connectivity index is 2.04. The van der Waals surface area contributed by atoms with Crippen LogP contribution in [-0.4, -0.2) is 6.54 Å². The summed E-state index contributed by atoms with van der Waals surface area (Å²) in [6, 6.07) is 5.24. The molecule has 2 heterocycles. The lowest BCUT2D eigenvalue weighted by Crippen LogP contribution is -2.19. The molecule has 1 nitrogen and oxygen atoms in total. The number of thiophene rings is 1. The monoisotopic (exact) mass is 209 g/mol. The largest absolute Gasteiger partial charge is 0.309 e. The molecule has 1 aromatic rings. The smallest absolute Gasteiger partial charge is 0.0414 e. The average molecular weight is 209 g/mol. The maximum atomic E-state index is 3.65. The van der Waals surface area contributed by atoms with Gasteiger partial charge in [0.05, 0.1) is 0 Å². The first-order valence-corrected chi connectivity index (χ1v) is 6.54. The summed E-state index contributed by atoms with van der Waals surface area (Å²) in [6.45, 7) is 3.43. The van der Waals surface area contributed by atoms with Gasteiger partial charge in [0.15, 0.2) is 0 Å². The Morgan fingerprint density at radius 1 is 1.36 bits per heavy atom. The molecule has 1 unspecified atom stereocenters. The van der Waals surface area contributed by atoms with Crippen molar-refractivity contribution in [2.45, 2.75) is 45.1 Å². The van der Waals surface area contributed by atoms with Crippen molar-refractivity contribution in [3.8, 4) is 0 Å². The van der Waals surface area contributed by atoms with Gasteiger partial charge < -0.3 is 5.32 Å². The SMILES string of the molecule is CCc1ccc(C2CCCCCN2)s1. The Kier molecular flexibility index (Phi) is 3.60. The van der Waals surface area contributed by atoms with E-state index in [-0.39, 0.29) is 0 Å². The summed E-state index contributed by atoms with van der Waals surface area (Å²) in [5.74, 6) is 0. The molecule has 1 aliphatic rings. The van der Waals surface area contributed by atoms with Crippen molar-refractivity contribution >= 4 is 11.3 Å². The zero-order valence-electron chi connectivity index (χ0n) is 8.88. The van der Waals surface area contributed by atoms with E-state index in [4.69, 9.17) is 0 Å². The zero-order valence-corrected chi connectivity index (χ0v) is 9.70. The Hall–Kier alpha value is -0.340. The Bertz CT molecular complexity index is 272. The van der Waals surface area contributed by atoms with Crippen LogP contribution < -0.4 is 5.32 Å². The quantitative estimate of drug-likeness (QED) is 0.786. The van der Waals surface area contributed by atoms with E-state index in [0.717, 1.165) is 0 Å². The summed E-state index contributed by atoms with van der Waals surface area (Å²) in [7, 11) is 0. The van der Waals surface area contributed by atoms with Gasteiger partial charge in [0.2, 0.25) is 0 Å². The highest BCUT2D eigenvalue weighted by Gasteiger charge is 2.14. The molecule has 2 heteroatoms. The van der Waals surface area contributed by atoms with Gasteiger partial charge in [-0.1, -0.05) is 19.8 Å². The van der Waals surface area contributed by atoms with Crippen LogP contribution in [0.25, 0.3) is 0 Å². The van der Waals surface area contributed by atoms with Crippen molar-refractivity contribution < 1.29 is 0 Å². The molecule has 0 spiro atoms. The second-order valence-electron chi connectivity index (χ2n) is 4.01. The first-order valence-electron chi connectivity index (χ1n) is 5.72. The molecule has 1 atom stereocenters. The van der Waals surface area contributed by atoms with Gasteiger partial charge in [-0.2, -0.15) is 0 Å². The third-order valence-corrected chi connectivity index (χ3v) is 4.28. The zero-order chi connectivity index (χ0) is 9.80. The molecular weight excluding hydrogens is 190 g/mol. The lowest BCUT2D eigenvalue weighted by molar-refractivity contribution is 0.543. The Morgan fingerprint density at radius 2 is 2.29 bits per heavy atom. The molecule has 0 aromatic carbocycles. The molecule has 14 heavy (non-hydrogen) atoms. The predicted molar refractivity (Wildman–Crippen MR) is 62.9 cm³/mol. The molecule has 2 rings (SSSR count). The van der Waals surface area contributed by atoms with Crippen LogP contribution in [0.1, 0.15) is 48.4 Å². The molecule has 1 saturated heterocycles. The van der Waals surface area contributed by atoms with E-state index in [2.05, 4.69) is 24.4 Å². The van der Waals surface area contributed by atoms with Crippen LogP contribution >= 0.6 is 11.3 Å². The van der Waals surface area contributed by atoms with Crippen LogP contribution in [0, 0.1) is 0 Å². The molecule has 0 aliphatic carbocycles. The number of aryl methyl sites for hydroxylation is 1. The van der Waals surface area contributed by atoms with Crippen LogP contribution in [0.5, 0.6) is 0 Å². The summed E-state index contributed by atoms with van der Waals surface area (Å²) >= 11 is 1.99. The van der Waals surface area contributed by atoms with E-state index >= 15 is 0 Å². The van der Waals surface area contributed by atoms with E-state index in [1.54, 1.807) is 4.88 Å². The Labute approximate surface area is 90.5 Å². The molecular formula is C12H19NS. The first kappa shape index (κ1) is 10.2. The minimum Gasteiger partial charge on any atom is -0.309 e. The van der Waals surface area contributed by atoms with E-state index in [9.17, 15) is 0 Å². The molecule has 1 N–H and O–H groups in total. The van der Waals surface area contributed by atoms with Gasteiger partial charge in [-0.05, 0) is 37.9 Å². The van der Waals surface area contributed by atoms with Crippen molar-refractivity contribution in [1.29, 1.82) is 0 Å². The van der Waals surface area contributed by atoms with Gasteiger partial charge in [-0.15, -0.1) is 11.3 Å². The van der Waals surface area contributed by atoms with Crippen LogP contribution in [0.3, 0.4) is 0 Å². The third-order valence-electron chi connectivity index (χ3n) is 2.93. The second kappa shape index (κ2) is 4.94. The van der Waals surface area contributed by atoms with Crippen molar-refractivity contribution in [2.24, 2.45) is 0 Å². The van der Waals surface area contributed by atoms with Gasteiger partial charge in [0.25, 0.3) is 0 Å². The fourth-order valence-electron chi connectivity index (χ4n) is 2.04. The topological polar surface area (TPSA) is 12.0 Å². The van der Waals surface area contributed by atoms with Crippen LogP contribution in [0.2, 0.25) is 0 Å². The molecule has 0 bridgehead atoms. The van der Waals surface area contributed by atoms with Crippen LogP contribution in [0.4, 0.5) is 0 Å². The van der Waals surface area contributed by atoms with Crippen molar-refractivity contribution in [3.05, 3.63) is 21.9 Å². The summed E-state index contributed by atoms with van der Waals surface area (Å²) in [4.78, 5) is 3.06. The average Bonchev–Trinajstić information content (AvgIpc) is 2.53. The maximum Gasteiger partial charge on any atom is 0.0414 e. The maximum absolute atomic E-state index is 3.65. The van der Waals surface area contributed by atoms with E-state index in [1.807, 2.05) is 11.3 Å². The predicted octanol–water partition coefficient (Wildman–Crippen LogP) is 3.52. The summed E-state index contributed by atoms with van der Waals surface area (Å²) in [6.07, 6.45) is 6.64. The molecule has 78 valence electrons. The third kappa shape index (κ3) is 2.37. The number of nitrogens with one attached hydrogen (secondary N) is 1. The standard InChI is InChI=1S/C12H19NS/c1-2-10-7-8-12(14-10)11-6-4-3-5-9-13-11/h7-8,11,13H,2-6,9H2,1H3. The van der Waals surface area contributed by atoms with Crippen molar-refractivity contribution in [1.82, 2.24) is 5.32 Å². The minimum absolute atomic E-state index is 0.641. The molecule has 0 amide bonds. The van der Waals surface area contributed by atoms with Gasteiger partial charge in [-0.3, -0.25) is 0 Å². The molecule has 0 saturated carbocycles. The van der Waals surface area contributed by atoms with Crippen LogP contribution in [-0.2, 0) is 6.42 Å². The molecule has 1 aromatic heterocycles. The van der Waals surface area contributed by atoms with Gasteiger partial charge in [0.1, 0.15) is 0 Å². The van der Waals surface area contributed by atoms with Crippen molar-refractivity contribution in [3.63, 3.8) is 0 Å². The highest BCUT2D eigenvalue weighted by Crippen LogP contribution is 2.28. The first-order chi connectivity index (χ1) is 6.90. The normalized spacial score (nSPS) is 23.4. The molecule has 1 fully saturated rings. The minimum atomic E-state index is 0.641. The Morgan fingerprint density at radius 3 is 3.07 bits per heavy atom. The van der Waals surface area contributed by atoms with E-state index in [0.29, 0.717) is 6.04 Å². The van der Waals surface area contributed by atoms with E-state index in [1.165, 1.54) is 43.5 Å². The number of hydrogen-bond donors (Lipinski definition) is 1. The molecule has 0 radical (unpaired) electrons. The number of rotatable bonds is 2. The fourth-order valence-corrected chi connectivity index (χ4v) is 3.11. The fraction of sp³-hybridized carbons (Fsp3) is 0.667. The summed E-state index contributed by atoms with van der Waals surface area (Å²) in [5, 5.41) is 3.65. The summed E-state index contributed by atoms with van der Waals surface area (Å²) in [5.41, 5.74) is 0. The molecule has 1 aliphatic heterocycles. The summed E-state index contributed by atoms with van der Waals surface area (Å²) < 4.78 is 0. The van der Waals surface area contributed by atoms with Gasteiger partial charge >= 0.3 is 0 Å². The lowest BCUT2D eigenvalue weighted by atomic mass is 10.1. The van der Waals surface area contributed by atoms with Gasteiger partial charge in [-0.25, -0.2) is 0 Å². The lowest BCUT2D eigenvalue weighted by Gasteiger charge is -2.13. The number of hydrogen-bond acceptors (Lipinski definition) is 2. The highest BCUT2D eigenvalue weighted by molar-refractivity contribution is 7.12. The van der Waals surface area contributed by atoms with E-state index < -0.39 is 0 Å². The van der Waals surface area contributed by atoms with Gasteiger partial charge in [0, 0.05) is 15.8 Å². The highest BCUT2D eigenvalue weighted by atomic mass is 32.1. The second-order valence-corrected chi connectivity index (χ2v) is 5.21. The van der Waals surface area contributed by atoms with Crippen LogP contribution in [0.15, 0.2) is 12.1 Å². The van der Waals surface area contributed by atoms with Crippen molar-refractivity contribution in [2.75, 3.05) is 6.54 Å².